The molecule has 0 radical (unpaired) electrons. The van der Waals surface area contributed by atoms with Crippen molar-refractivity contribution in [3.05, 3.63) is 18.1 Å². The number of hydrogen-bond donors (Lipinski definition) is 1. The Morgan fingerprint density at radius 3 is 2.82 bits per heavy atom. The quantitative estimate of drug-likeness (QED) is 0.906. The molecule has 0 saturated carbocycles. The number of aliphatic imine (C=N–C) groups is 1. The van der Waals surface area contributed by atoms with E-state index in [2.05, 4.69) is 20.3 Å². The van der Waals surface area contributed by atoms with E-state index in [1.807, 2.05) is 0 Å². The molecule has 0 amide bonds. The van der Waals surface area contributed by atoms with E-state index in [-0.39, 0.29) is 5.75 Å². The van der Waals surface area contributed by atoms with E-state index < -0.39 is 11.9 Å². The zero-order valence-electron chi connectivity index (χ0n) is 8.66. The van der Waals surface area contributed by atoms with Gasteiger partial charge in [0.1, 0.15) is 11.5 Å². The Kier molecular flexibility index (Phi) is 3.51. The van der Waals surface area contributed by atoms with Gasteiger partial charge in [0, 0.05) is 12.4 Å². The van der Waals surface area contributed by atoms with Gasteiger partial charge in [-0.1, -0.05) is 0 Å². The summed E-state index contributed by atoms with van der Waals surface area (Å²) in [6.45, 7) is 0.359. The Morgan fingerprint density at radius 2 is 2.06 bits per heavy atom. The first kappa shape index (κ1) is 12.2. The highest BCUT2D eigenvalue weighted by Crippen LogP contribution is 2.22. The van der Waals surface area contributed by atoms with Crippen LogP contribution in [0.25, 0.3) is 0 Å². The van der Waals surface area contributed by atoms with Gasteiger partial charge in [-0.25, -0.2) is 4.98 Å². The molecule has 92 valence electrons. The van der Waals surface area contributed by atoms with Crippen LogP contribution in [0, 0.1) is 0 Å². The number of aromatic nitrogens is 2. The molecule has 0 bridgehead atoms. The molecule has 17 heavy (non-hydrogen) atoms. The van der Waals surface area contributed by atoms with Crippen molar-refractivity contribution < 1.29 is 13.2 Å². The number of rotatable bonds is 3. The van der Waals surface area contributed by atoms with E-state index in [9.17, 15) is 13.2 Å². The molecular formula is C9H9F3N4S. The molecule has 0 aliphatic carbocycles. The summed E-state index contributed by atoms with van der Waals surface area (Å²) >= 11 is 0.775. The Bertz CT molecular complexity index is 432. The predicted octanol–water partition coefficient (Wildman–Crippen LogP) is 2.10. The fourth-order valence-electron chi connectivity index (χ4n) is 1.28. The first-order valence-corrected chi connectivity index (χ1v) is 5.95. The Balaban J connectivity index is 1.87. The largest absolute Gasteiger partial charge is 0.397 e. The number of anilines is 1. The third-order valence-electron chi connectivity index (χ3n) is 1.96. The molecule has 1 aromatic rings. The summed E-state index contributed by atoms with van der Waals surface area (Å²) in [7, 11) is 0. The highest BCUT2D eigenvalue weighted by Gasteiger charge is 2.27. The van der Waals surface area contributed by atoms with E-state index in [0.717, 1.165) is 11.8 Å². The Morgan fingerprint density at radius 1 is 1.29 bits per heavy atom. The minimum Gasteiger partial charge on any atom is -0.326 e. The van der Waals surface area contributed by atoms with Crippen molar-refractivity contribution in [2.75, 3.05) is 16.8 Å². The lowest BCUT2D eigenvalue weighted by molar-refractivity contribution is -0.105. The fraction of sp³-hybridized carbons (Fsp3) is 0.444. The second-order valence-electron chi connectivity index (χ2n) is 3.35. The van der Waals surface area contributed by atoms with Crippen LogP contribution < -0.4 is 5.32 Å². The number of nitrogens with zero attached hydrogens (tertiary/aromatic N) is 3. The van der Waals surface area contributed by atoms with Gasteiger partial charge in [0.2, 0.25) is 0 Å². The lowest BCUT2D eigenvalue weighted by atomic mass is 10.3. The van der Waals surface area contributed by atoms with Gasteiger partial charge >= 0.3 is 6.18 Å². The SMILES string of the molecule is FC(F)(F)CSCC1=NCc2nccnc2N1. The van der Waals surface area contributed by atoms with Crippen LogP contribution in [0.2, 0.25) is 0 Å². The van der Waals surface area contributed by atoms with E-state index in [0.29, 0.717) is 23.9 Å². The van der Waals surface area contributed by atoms with Crippen LogP contribution in [-0.4, -0.2) is 33.5 Å². The Labute approximate surface area is 99.8 Å². The maximum Gasteiger partial charge on any atom is 0.397 e. The van der Waals surface area contributed by atoms with Crippen molar-refractivity contribution in [3.63, 3.8) is 0 Å². The van der Waals surface area contributed by atoms with Crippen LogP contribution in [0.5, 0.6) is 0 Å². The van der Waals surface area contributed by atoms with E-state index in [4.69, 9.17) is 0 Å². The molecule has 0 unspecified atom stereocenters. The van der Waals surface area contributed by atoms with Crippen molar-refractivity contribution in [1.82, 2.24) is 9.97 Å². The summed E-state index contributed by atoms with van der Waals surface area (Å²) in [6.07, 6.45) is -1.06. The second-order valence-corrected chi connectivity index (χ2v) is 4.33. The van der Waals surface area contributed by atoms with Gasteiger partial charge in [0.05, 0.1) is 18.1 Å². The molecular weight excluding hydrogens is 253 g/mol. The van der Waals surface area contributed by atoms with Gasteiger partial charge in [0.25, 0.3) is 0 Å². The smallest absolute Gasteiger partial charge is 0.326 e. The van der Waals surface area contributed by atoms with Gasteiger partial charge in [-0.2, -0.15) is 13.2 Å². The molecule has 0 atom stereocenters. The van der Waals surface area contributed by atoms with Gasteiger partial charge < -0.3 is 5.32 Å². The van der Waals surface area contributed by atoms with E-state index >= 15 is 0 Å². The predicted molar refractivity (Wildman–Crippen MR) is 60.2 cm³/mol. The van der Waals surface area contributed by atoms with E-state index in [1.54, 1.807) is 6.20 Å². The Hall–Kier alpha value is -1.31. The number of alkyl halides is 3. The monoisotopic (exact) mass is 262 g/mol. The molecule has 1 N–H and O–H groups in total. The highest BCUT2D eigenvalue weighted by atomic mass is 32.2. The normalized spacial score (nSPS) is 14.9. The third-order valence-corrected chi connectivity index (χ3v) is 2.97. The van der Waals surface area contributed by atoms with Crippen molar-refractivity contribution in [1.29, 1.82) is 0 Å². The first-order valence-electron chi connectivity index (χ1n) is 4.79. The molecule has 0 spiro atoms. The summed E-state index contributed by atoms with van der Waals surface area (Å²) in [5, 5.41) is 2.87. The number of thioether (sulfide) groups is 1. The van der Waals surface area contributed by atoms with Gasteiger partial charge in [0.15, 0.2) is 5.82 Å². The van der Waals surface area contributed by atoms with Gasteiger partial charge in [-0.05, 0) is 0 Å². The molecule has 0 aromatic carbocycles. The number of fused-ring (bicyclic) bond motifs is 1. The summed E-state index contributed by atoms with van der Waals surface area (Å²) in [4.78, 5) is 12.2. The number of nitrogens with one attached hydrogen (secondary N) is 1. The maximum absolute atomic E-state index is 11.9. The van der Waals surface area contributed by atoms with E-state index in [1.165, 1.54) is 6.20 Å². The summed E-state index contributed by atoms with van der Waals surface area (Å²) in [5.74, 6) is 0.397. The zero-order valence-corrected chi connectivity index (χ0v) is 9.48. The average molecular weight is 262 g/mol. The van der Waals surface area contributed by atoms with Crippen LogP contribution in [0.15, 0.2) is 17.4 Å². The highest BCUT2D eigenvalue weighted by molar-refractivity contribution is 8.00. The molecule has 1 aliphatic rings. The van der Waals surface area contributed by atoms with Crippen molar-refractivity contribution in [2.24, 2.45) is 4.99 Å². The second kappa shape index (κ2) is 4.91. The van der Waals surface area contributed by atoms with Crippen LogP contribution in [0.3, 0.4) is 0 Å². The lowest BCUT2D eigenvalue weighted by Gasteiger charge is -2.16. The minimum absolute atomic E-state index is 0.190. The molecule has 1 aromatic heterocycles. The van der Waals surface area contributed by atoms with Crippen LogP contribution >= 0.6 is 11.8 Å². The molecule has 4 nitrogen and oxygen atoms in total. The fourth-order valence-corrected chi connectivity index (χ4v) is 1.97. The summed E-state index contributed by atoms with van der Waals surface area (Å²) in [5.41, 5.74) is 0.706. The lowest BCUT2D eigenvalue weighted by Crippen LogP contribution is -2.23. The van der Waals surface area contributed by atoms with Crippen molar-refractivity contribution in [3.8, 4) is 0 Å². The molecule has 0 fully saturated rings. The summed E-state index contributed by atoms with van der Waals surface area (Å²) in [6, 6.07) is 0. The number of hydrogen-bond acceptors (Lipinski definition) is 5. The zero-order chi connectivity index (χ0) is 12.3. The van der Waals surface area contributed by atoms with Gasteiger partial charge in [-0.15, -0.1) is 11.8 Å². The van der Waals surface area contributed by atoms with Crippen molar-refractivity contribution in [2.45, 2.75) is 12.7 Å². The molecule has 1 aliphatic heterocycles. The first-order chi connectivity index (χ1) is 8.04. The van der Waals surface area contributed by atoms with Crippen LogP contribution in [0.4, 0.5) is 19.0 Å². The van der Waals surface area contributed by atoms with Crippen LogP contribution in [0.1, 0.15) is 5.69 Å². The average Bonchev–Trinajstić information content (AvgIpc) is 2.27. The maximum atomic E-state index is 11.9. The molecule has 0 saturated heterocycles. The molecule has 8 heteroatoms. The minimum atomic E-state index is -4.14. The number of halogens is 3. The summed E-state index contributed by atoms with van der Waals surface area (Å²) < 4.78 is 35.8. The molecule has 2 heterocycles. The van der Waals surface area contributed by atoms with Crippen LogP contribution in [-0.2, 0) is 6.54 Å². The number of amidine groups is 1. The molecule has 2 rings (SSSR count). The van der Waals surface area contributed by atoms with Crippen molar-refractivity contribution >= 4 is 23.4 Å². The third kappa shape index (κ3) is 3.58. The van der Waals surface area contributed by atoms with Gasteiger partial charge in [-0.3, -0.25) is 9.98 Å². The topological polar surface area (TPSA) is 50.2 Å². The standard InChI is InChI=1S/C9H9F3N4S/c10-9(11,12)5-17-4-7-15-3-6-8(16-7)14-2-1-13-6/h1-2H,3-5H2,(H,14,15,16).